The van der Waals surface area contributed by atoms with Crippen molar-refractivity contribution in [1.29, 1.82) is 0 Å². The molecule has 0 aliphatic carbocycles. The van der Waals surface area contributed by atoms with Crippen LogP contribution in [0.3, 0.4) is 0 Å². The summed E-state index contributed by atoms with van der Waals surface area (Å²) in [6.07, 6.45) is 0. The Balaban J connectivity index is 1.66. The topological polar surface area (TPSA) is 58.2 Å². The van der Waals surface area contributed by atoms with Crippen LogP contribution in [0.2, 0.25) is 0 Å². The minimum Gasteiger partial charge on any atom is -0.322 e. The Bertz CT molecular complexity index is 911. The summed E-state index contributed by atoms with van der Waals surface area (Å²) >= 11 is 3.29. The van der Waals surface area contributed by atoms with Crippen molar-refractivity contribution in [3.63, 3.8) is 0 Å². The molecule has 0 aliphatic rings. The van der Waals surface area contributed by atoms with Crippen LogP contribution in [-0.4, -0.2) is 11.8 Å². The molecule has 4 nitrogen and oxygen atoms in total. The Morgan fingerprint density at radius 2 is 1.56 bits per heavy atom. The number of anilines is 2. The number of rotatable bonds is 4. The van der Waals surface area contributed by atoms with Crippen LogP contribution in [-0.2, 0) is 0 Å². The summed E-state index contributed by atoms with van der Waals surface area (Å²) in [6, 6.07) is 14.4. The molecule has 0 spiro atoms. The molecule has 0 unspecified atom stereocenters. The van der Waals surface area contributed by atoms with E-state index in [1.54, 1.807) is 30.3 Å². The molecular weight excluding hydrogens is 454 g/mol. The van der Waals surface area contributed by atoms with Crippen LogP contribution >= 0.6 is 33.9 Å². The van der Waals surface area contributed by atoms with Crippen LogP contribution in [0.4, 0.5) is 15.8 Å². The maximum atomic E-state index is 13.1. The van der Waals surface area contributed by atoms with E-state index in [1.165, 1.54) is 29.5 Å². The van der Waals surface area contributed by atoms with Crippen LogP contribution in [0.5, 0.6) is 0 Å². The normalized spacial score (nSPS) is 10.3. The third-order valence-corrected chi connectivity index (χ3v) is 5.08. The predicted molar refractivity (Wildman–Crippen MR) is 106 cm³/mol. The van der Waals surface area contributed by atoms with E-state index in [-0.39, 0.29) is 17.6 Å². The maximum Gasteiger partial charge on any atom is 0.265 e. The Labute approximate surface area is 161 Å². The Hall–Kier alpha value is -2.26. The highest BCUT2D eigenvalue weighted by Gasteiger charge is 2.11. The monoisotopic (exact) mass is 466 g/mol. The number of amides is 2. The van der Waals surface area contributed by atoms with Gasteiger partial charge < -0.3 is 10.6 Å². The average molecular weight is 466 g/mol. The number of nitrogens with one attached hydrogen (secondary N) is 2. The minimum atomic E-state index is -0.383. The SMILES string of the molecule is O=C(Nc1ccc(NC(=O)c2ccc(F)cc2I)cc1)c1cccs1. The molecule has 126 valence electrons. The van der Waals surface area contributed by atoms with E-state index in [9.17, 15) is 14.0 Å². The number of benzene rings is 2. The van der Waals surface area contributed by atoms with Crippen LogP contribution < -0.4 is 10.6 Å². The van der Waals surface area contributed by atoms with E-state index in [4.69, 9.17) is 0 Å². The second-order valence-corrected chi connectivity index (χ2v) is 7.20. The highest BCUT2D eigenvalue weighted by atomic mass is 127. The number of halogens is 2. The molecule has 1 heterocycles. The molecule has 3 aromatic rings. The largest absolute Gasteiger partial charge is 0.322 e. The molecule has 3 rings (SSSR count). The lowest BCUT2D eigenvalue weighted by atomic mass is 10.2. The quantitative estimate of drug-likeness (QED) is 0.532. The standard InChI is InChI=1S/C18H12FIN2O2S/c19-11-3-8-14(15(20)10-11)17(23)21-12-4-6-13(7-5-12)22-18(24)16-2-1-9-25-16/h1-10H,(H,21,23)(H,22,24). The molecule has 0 atom stereocenters. The first kappa shape index (κ1) is 17.6. The van der Waals surface area contributed by atoms with Gasteiger partial charge in [0.2, 0.25) is 0 Å². The van der Waals surface area contributed by atoms with Crippen molar-refractivity contribution in [3.8, 4) is 0 Å². The predicted octanol–water partition coefficient (Wildman–Crippen LogP) is 5.00. The molecule has 0 bridgehead atoms. The molecule has 0 fully saturated rings. The van der Waals surface area contributed by atoms with Gasteiger partial charge in [0.05, 0.1) is 10.4 Å². The van der Waals surface area contributed by atoms with Gasteiger partial charge in [-0.3, -0.25) is 9.59 Å². The zero-order valence-electron chi connectivity index (χ0n) is 12.8. The molecule has 1 aromatic heterocycles. The van der Waals surface area contributed by atoms with Crippen molar-refractivity contribution < 1.29 is 14.0 Å². The second kappa shape index (κ2) is 7.75. The zero-order chi connectivity index (χ0) is 17.8. The Morgan fingerprint density at radius 1 is 0.920 bits per heavy atom. The fourth-order valence-electron chi connectivity index (χ4n) is 2.11. The molecule has 0 saturated heterocycles. The summed E-state index contributed by atoms with van der Waals surface area (Å²) in [5, 5.41) is 7.38. The van der Waals surface area contributed by atoms with Gasteiger partial charge in [0, 0.05) is 14.9 Å². The van der Waals surface area contributed by atoms with E-state index in [1.807, 2.05) is 34.0 Å². The molecule has 25 heavy (non-hydrogen) atoms. The van der Waals surface area contributed by atoms with Gasteiger partial charge in [0.25, 0.3) is 11.8 Å². The number of thiophene rings is 1. The van der Waals surface area contributed by atoms with Crippen LogP contribution in [0, 0.1) is 9.39 Å². The van der Waals surface area contributed by atoms with Crippen molar-refractivity contribution in [1.82, 2.24) is 0 Å². The lowest BCUT2D eigenvalue weighted by Gasteiger charge is -2.08. The molecule has 0 saturated carbocycles. The van der Waals surface area contributed by atoms with Gasteiger partial charge in [-0.1, -0.05) is 6.07 Å². The fourth-order valence-corrected chi connectivity index (χ4v) is 3.45. The Morgan fingerprint density at radius 3 is 2.12 bits per heavy atom. The molecular formula is C18H12FIN2O2S. The first-order valence-electron chi connectivity index (χ1n) is 7.24. The van der Waals surface area contributed by atoms with Gasteiger partial charge in [-0.15, -0.1) is 11.3 Å². The number of carbonyl (C=O) groups is 2. The lowest BCUT2D eigenvalue weighted by molar-refractivity contribution is 0.101. The van der Waals surface area contributed by atoms with Crippen molar-refractivity contribution in [2.24, 2.45) is 0 Å². The third kappa shape index (κ3) is 4.43. The lowest BCUT2D eigenvalue weighted by Crippen LogP contribution is -2.14. The molecule has 0 radical (unpaired) electrons. The van der Waals surface area contributed by atoms with Crippen molar-refractivity contribution in [2.45, 2.75) is 0 Å². The van der Waals surface area contributed by atoms with Gasteiger partial charge in [0.15, 0.2) is 0 Å². The summed E-state index contributed by atoms with van der Waals surface area (Å²) in [7, 11) is 0. The van der Waals surface area contributed by atoms with E-state index < -0.39 is 0 Å². The smallest absolute Gasteiger partial charge is 0.265 e. The van der Waals surface area contributed by atoms with Gasteiger partial charge in [0.1, 0.15) is 5.82 Å². The molecule has 7 heteroatoms. The molecule has 2 N–H and O–H groups in total. The molecule has 0 aliphatic heterocycles. The number of hydrogen-bond donors (Lipinski definition) is 2. The second-order valence-electron chi connectivity index (χ2n) is 5.09. The summed E-state index contributed by atoms with van der Waals surface area (Å²) in [4.78, 5) is 24.9. The van der Waals surface area contributed by atoms with Crippen molar-refractivity contribution in [2.75, 3.05) is 10.6 Å². The van der Waals surface area contributed by atoms with Gasteiger partial charge in [-0.2, -0.15) is 0 Å². The summed E-state index contributed by atoms with van der Waals surface area (Å²) in [6.45, 7) is 0. The van der Waals surface area contributed by atoms with Crippen molar-refractivity contribution in [3.05, 3.63) is 79.8 Å². The summed E-state index contributed by atoms with van der Waals surface area (Å²) in [5.41, 5.74) is 1.61. The summed E-state index contributed by atoms with van der Waals surface area (Å²) < 4.78 is 13.7. The number of hydrogen-bond acceptors (Lipinski definition) is 3. The first-order valence-corrected chi connectivity index (χ1v) is 9.20. The zero-order valence-corrected chi connectivity index (χ0v) is 15.7. The van der Waals surface area contributed by atoms with E-state index >= 15 is 0 Å². The van der Waals surface area contributed by atoms with Crippen LogP contribution in [0.25, 0.3) is 0 Å². The van der Waals surface area contributed by atoms with Gasteiger partial charge in [-0.05, 0) is 76.5 Å². The third-order valence-electron chi connectivity index (χ3n) is 3.32. The highest BCUT2D eigenvalue weighted by Crippen LogP contribution is 2.19. The van der Waals surface area contributed by atoms with E-state index in [0.717, 1.165) is 0 Å². The van der Waals surface area contributed by atoms with Crippen LogP contribution in [0.1, 0.15) is 20.0 Å². The summed E-state index contributed by atoms with van der Waals surface area (Å²) in [5.74, 6) is -0.876. The molecule has 2 aromatic carbocycles. The van der Waals surface area contributed by atoms with Crippen LogP contribution in [0.15, 0.2) is 60.0 Å². The fraction of sp³-hybridized carbons (Fsp3) is 0. The molecule has 2 amide bonds. The Kier molecular flexibility index (Phi) is 5.44. The van der Waals surface area contributed by atoms with Gasteiger partial charge in [-0.25, -0.2) is 4.39 Å². The minimum absolute atomic E-state index is 0.173. The highest BCUT2D eigenvalue weighted by molar-refractivity contribution is 14.1. The maximum absolute atomic E-state index is 13.1. The number of carbonyl (C=O) groups excluding carboxylic acids is 2. The van der Waals surface area contributed by atoms with Gasteiger partial charge >= 0.3 is 0 Å². The van der Waals surface area contributed by atoms with Crippen molar-refractivity contribution >= 4 is 57.1 Å². The van der Waals surface area contributed by atoms with E-state index in [2.05, 4.69) is 10.6 Å². The van der Waals surface area contributed by atoms with E-state index in [0.29, 0.717) is 25.4 Å². The average Bonchev–Trinajstić information content (AvgIpc) is 3.11. The first-order chi connectivity index (χ1) is 12.0.